The predicted molar refractivity (Wildman–Crippen MR) is 86.6 cm³/mol. The second-order valence-corrected chi connectivity index (χ2v) is 6.74. The Morgan fingerprint density at radius 2 is 1.03 bits per heavy atom. The lowest BCUT2D eigenvalue weighted by atomic mass is 9.89. The molecule has 0 unspecified atom stereocenters. The number of hydrogen-bond acceptors (Lipinski definition) is 2. The molecule has 0 radical (unpaired) electrons. The largest absolute Gasteiger partial charge is 0.461 e. The molecule has 0 atom stereocenters. The van der Waals surface area contributed by atoms with E-state index in [0.29, 0.717) is 5.92 Å². The molecule has 0 aliphatic carbocycles. The number of carbonyl (C=O) groups is 1. The van der Waals surface area contributed by atoms with Gasteiger partial charge in [0.05, 0.1) is 0 Å². The SMILES string of the molecule is C=C(C)C(=O)OCCC#CC#CC(F)(F)C(F)(F)C(F)(F)C(F)(F)C(F)(F)C(F)(F)C(F)(F)C(F)(F)F. The quantitative estimate of drug-likeness (QED) is 0.102. The van der Waals surface area contributed by atoms with Crippen LogP contribution in [0.5, 0.6) is 0 Å². The Balaban J connectivity index is 6.22. The summed E-state index contributed by atoms with van der Waals surface area (Å²) in [7, 11) is 0. The highest BCUT2D eigenvalue weighted by Crippen LogP contribution is 2.63. The summed E-state index contributed by atoms with van der Waals surface area (Å²) >= 11 is 0. The first-order valence-electron chi connectivity index (χ1n) is 8.62. The summed E-state index contributed by atoms with van der Waals surface area (Å²) in [5, 5.41) is 0. The van der Waals surface area contributed by atoms with Crippen LogP contribution >= 0.6 is 0 Å². The van der Waals surface area contributed by atoms with E-state index >= 15 is 0 Å². The van der Waals surface area contributed by atoms with Gasteiger partial charge < -0.3 is 4.74 Å². The Morgan fingerprint density at radius 1 is 0.649 bits per heavy atom. The highest BCUT2D eigenvalue weighted by atomic mass is 19.4. The van der Waals surface area contributed by atoms with Crippen LogP contribution in [0.2, 0.25) is 0 Å². The first-order valence-corrected chi connectivity index (χ1v) is 8.62. The van der Waals surface area contributed by atoms with Crippen LogP contribution in [0.4, 0.5) is 74.6 Å². The number of ether oxygens (including phenoxy) is 1. The van der Waals surface area contributed by atoms with Crippen molar-refractivity contribution in [3.8, 4) is 23.7 Å². The number of halogens is 17. The second kappa shape index (κ2) is 10.1. The van der Waals surface area contributed by atoms with E-state index in [1.807, 2.05) is 0 Å². The first-order chi connectivity index (χ1) is 16.1. The number of rotatable bonds is 9. The van der Waals surface area contributed by atoms with E-state index in [9.17, 15) is 79.4 Å². The van der Waals surface area contributed by atoms with E-state index < -0.39 is 66.6 Å². The molecule has 0 spiro atoms. The Morgan fingerprint density at radius 3 is 1.41 bits per heavy atom. The van der Waals surface area contributed by atoms with Crippen LogP contribution in [0.25, 0.3) is 0 Å². The summed E-state index contributed by atoms with van der Waals surface area (Å²) in [6, 6.07) is 0. The van der Waals surface area contributed by atoms with Crippen molar-refractivity contribution >= 4 is 5.97 Å². The van der Waals surface area contributed by atoms with Gasteiger partial charge >= 0.3 is 53.6 Å². The van der Waals surface area contributed by atoms with E-state index in [1.165, 1.54) is 12.8 Å². The lowest BCUT2D eigenvalue weighted by Crippen LogP contribution is -2.74. The van der Waals surface area contributed by atoms with Gasteiger partial charge in [-0.1, -0.05) is 12.5 Å². The van der Waals surface area contributed by atoms with Gasteiger partial charge in [0.2, 0.25) is 0 Å². The van der Waals surface area contributed by atoms with Gasteiger partial charge in [0, 0.05) is 12.0 Å². The molecule has 0 aromatic carbocycles. The minimum Gasteiger partial charge on any atom is -0.461 e. The van der Waals surface area contributed by atoms with Gasteiger partial charge in [-0.15, -0.1) is 0 Å². The van der Waals surface area contributed by atoms with Crippen molar-refractivity contribution in [2.75, 3.05) is 6.61 Å². The Bertz CT molecular complexity index is 999. The third-order valence-corrected chi connectivity index (χ3v) is 3.90. The molecule has 0 heterocycles. The molecule has 0 N–H and O–H groups in total. The summed E-state index contributed by atoms with van der Waals surface area (Å²) in [6.07, 6.45) is -8.40. The van der Waals surface area contributed by atoms with Gasteiger partial charge in [-0.3, -0.25) is 0 Å². The number of esters is 1. The Hall–Kier alpha value is -2.86. The van der Waals surface area contributed by atoms with Crippen LogP contribution in [-0.4, -0.2) is 60.2 Å². The maximum atomic E-state index is 13.5. The average molecular weight is 580 g/mol. The van der Waals surface area contributed by atoms with E-state index in [2.05, 4.69) is 11.3 Å². The molecular formula is C18H9F17O2. The smallest absolute Gasteiger partial charge is 0.460 e. The number of alkyl halides is 17. The molecule has 0 aromatic rings. The highest BCUT2D eigenvalue weighted by molar-refractivity contribution is 5.86. The van der Waals surface area contributed by atoms with Crippen LogP contribution in [0.1, 0.15) is 13.3 Å². The van der Waals surface area contributed by atoms with Crippen LogP contribution in [0, 0.1) is 23.7 Å². The van der Waals surface area contributed by atoms with Crippen molar-refractivity contribution in [3.05, 3.63) is 12.2 Å². The molecular weight excluding hydrogens is 571 g/mol. The van der Waals surface area contributed by atoms with Crippen LogP contribution in [0.15, 0.2) is 12.2 Å². The van der Waals surface area contributed by atoms with E-state index in [-0.39, 0.29) is 11.5 Å². The lowest BCUT2D eigenvalue weighted by molar-refractivity contribution is -0.459. The topological polar surface area (TPSA) is 26.3 Å². The first kappa shape index (κ1) is 34.1. The molecule has 19 heteroatoms. The van der Waals surface area contributed by atoms with Crippen molar-refractivity contribution in [1.29, 1.82) is 0 Å². The van der Waals surface area contributed by atoms with Crippen molar-refractivity contribution in [2.45, 2.75) is 61.0 Å². The lowest BCUT2D eigenvalue weighted by Gasteiger charge is -2.42. The fourth-order valence-corrected chi connectivity index (χ4v) is 1.78. The normalized spacial score (nSPS) is 14.2. The standard InChI is InChI=1S/C18H9F17O2/c1-9(2)10(36)37-8-6-4-3-5-7-11(19,20)12(21,22)13(23,24)14(25,26)15(27,28)16(29,30)17(31,32)18(33,34)35/h1,6,8H2,2H3. The maximum Gasteiger partial charge on any atom is 0.460 e. The predicted octanol–water partition coefficient (Wildman–Crippen LogP) is 6.51. The minimum absolute atomic E-state index is 0.113. The van der Waals surface area contributed by atoms with Gasteiger partial charge in [0.15, 0.2) is 0 Å². The van der Waals surface area contributed by atoms with E-state index in [4.69, 9.17) is 0 Å². The Kier molecular flexibility index (Phi) is 9.34. The molecule has 0 aromatic heterocycles. The van der Waals surface area contributed by atoms with Crippen molar-refractivity contribution in [3.63, 3.8) is 0 Å². The van der Waals surface area contributed by atoms with Crippen LogP contribution in [0.3, 0.4) is 0 Å². The molecule has 0 bridgehead atoms. The summed E-state index contributed by atoms with van der Waals surface area (Å²) in [6.45, 7) is 3.74. The number of carbonyl (C=O) groups excluding carboxylic acids is 1. The van der Waals surface area contributed by atoms with Crippen LogP contribution < -0.4 is 0 Å². The number of hydrogen-bond donors (Lipinski definition) is 0. The molecule has 2 nitrogen and oxygen atoms in total. The molecule has 37 heavy (non-hydrogen) atoms. The van der Waals surface area contributed by atoms with Gasteiger partial charge in [-0.25, -0.2) is 4.79 Å². The van der Waals surface area contributed by atoms with Gasteiger partial charge in [-0.05, 0) is 24.7 Å². The summed E-state index contributed by atoms with van der Waals surface area (Å²) in [5.74, 6) is -54.8. The highest BCUT2D eigenvalue weighted by Gasteiger charge is 2.95. The van der Waals surface area contributed by atoms with E-state index in [1.54, 1.807) is 5.92 Å². The molecule has 0 aliphatic heterocycles. The molecule has 0 aliphatic rings. The van der Waals surface area contributed by atoms with Crippen molar-refractivity contribution in [1.82, 2.24) is 0 Å². The molecule has 212 valence electrons. The van der Waals surface area contributed by atoms with Crippen LogP contribution in [-0.2, 0) is 9.53 Å². The van der Waals surface area contributed by atoms with Crippen molar-refractivity contribution < 1.29 is 84.2 Å². The maximum absolute atomic E-state index is 13.5. The van der Waals surface area contributed by atoms with Crippen molar-refractivity contribution in [2.24, 2.45) is 0 Å². The zero-order valence-electron chi connectivity index (χ0n) is 17.4. The molecule has 0 amide bonds. The zero-order chi connectivity index (χ0) is 30.1. The molecule has 0 saturated heterocycles. The van der Waals surface area contributed by atoms with Gasteiger partial charge in [0.25, 0.3) is 0 Å². The third-order valence-electron chi connectivity index (χ3n) is 3.90. The summed E-state index contributed by atoms with van der Waals surface area (Å²) in [4.78, 5) is 11.0. The summed E-state index contributed by atoms with van der Waals surface area (Å²) < 4.78 is 226. The third kappa shape index (κ3) is 5.69. The fourth-order valence-electron chi connectivity index (χ4n) is 1.78. The zero-order valence-corrected chi connectivity index (χ0v) is 17.4. The molecule has 0 saturated carbocycles. The average Bonchev–Trinajstić information content (AvgIpc) is 2.70. The van der Waals surface area contributed by atoms with Gasteiger partial charge in [-0.2, -0.15) is 74.6 Å². The fraction of sp³-hybridized carbons (Fsp3) is 0.611. The Labute approximate surface area is 194 Å². The van der Waals surface area contributed by atoms with E-state index in [0.717, 1.165) is 0 Å². The van der Waals surface area contributed by atoms with Gasteiger partial charge in [0.1, 0.15) is 6.61 Å². The minimum atomic E-state index is -8.70. The monoisotopic (exact) mass is 580 g/mol. The molecule has 0 rings (SSSR count). The second-order valence-electron chi connectivity index (χ2n) is 6.74. The summed E-state index contributed by atoms with van der Waals surface area (Å²) in [5.41, 5.74) is -0.113. The molecule has 0 fully saturated rings.